The Morgan fingerprint density at radius 1 is 0.983 bits per heavy atom. The number of carboxylic acids is 1. The van der Waals surface area contributed by atoms with Gasteiger partial charge in [0.15, 0.2) is 0 Å². The van der Waals surface area contributed by atoms with Gasteiger partial charge in [-0.15, -0.1) is 11.3 Å². The van der Waals surface area contributed by atoms with Gasteiger partial charge in [0, 0.05) is 55.5 Å². The fourth-order valence-electron chi connectivity index (χ4n) is 9.11. The monoisotopic (exact) mass is 848 g/mol. The Bertz CT molecular complexity index is 2040. The second-order valence-corrected chi connectivity index (χ2v) is 16.6. The predicted octanol–water partition coefficient (Wildman–Crippen LogP) is 9.29. The first-order valence-corrected chi connectivity index (χ1v) is 20.7. The Morgan fingerprint density at radius 2 is 1.69 bits per heavy atom. The number of amides is 2. The van der Waals surface area contributed by atoms with E-state index in [1.54, 1.807) is 31.2 Å². The smallest absolute Gasteiger partial charge is 0.425 e. The van der Waals surface area contributed by atoms with Crippen LogP contribution in [0.3, 0.4) is 0 Å². The third-order valence-corrected chi connectivity index (χ3v) is 13.1. The molecule has 2 aromatic heterocycles. The number of alkyl halides is 6. The van der Waals surface area contributed by atoms with Crippen LogP contribution in [0.2, 0.25) is 0 Å². The highest BCUT2D eigenvalue weighted by atomic mass is 32.1. The van der Waals surface area contributed by atoms with Crippen molar-refractivity contribution in [1.82, 2.24) is 14.8 Å². The molecule has 1 aliphatic carbocycles. The van der Waals surface area contributed by atoms with Crippen LogP contribution >= 0.6 is 11.3 Å². The molecule has 0 bridgehead atoms. The first kappa shape index (κ1) is 43.7. The topological polar surface area (TPSA) is 133 Å². The molecule has 0 radical (unpaired) electrons. The van der Waals surface area contributed by atoms with Crippen molar-refractivity contribution in [2.24, 2.45) is 5.41 Å². The van der Waals surface area contributed by atoms with Crippen molar-refractivity contribution in [3.05, 3.63) is 75.7 Å². The maximum Gasteiger partial charge on any atom is 0.425 e. The van der Waals surface area contributed by atoms with E-state index in [0.717, 1.165) is 41.6 Å². The number of thiophene rings is 1. The van der Waals surface area contributed by atoms with E-state index in [2.05, 4.69) is 11.1 Å². The number of halogens is 6. The Morgan fingerprint density at radius 3 is 2.32 bits per heavy atom. The summed E-state index contributed by atoms with van der Waals surface area (Å²) in [5, 5.41) is 21.7. The lowest BCUT2D eigenvalue weighted by Crippen LogP contribution is -2.68. The minimum atomic E-state index is -4.90. The number of carboxylic acid groups (broad SMARTS) is 1. The molecule has 3 fully saturated rings. The van der Waals surface area contributed by atoms with E-state index in [1.165, 1.54) is 4.90 Å². The number of rotatable bonds is 13. The molecule has 318 valence electrons. The third kappa shape index (κ3) is 8.88. The van der Waals surface area contributed by atoms with Gasteiger partial charge in [0.25, 0.3) is 11.8 Å². The Labute approximate surface area is 342 Å². The van der Waals surface area contributed by atoms with Crippen LogP contribution in [0.1, 0.15) is 110 Å². The zero-order valence-electron chi connectivity index (χ0n) is 32.5. The van der Waals surface area contributed by atoms with Gasteiger partial charge >= 0.3 is 18.3 Å². The number of benzene rings is 1. The number of para-hydroxylation sites is 1. The summed E-state index contributed by atoms with van der Waals surface area (Å²) in [6, 6.07) is 9.77. The Hall–Kier alpha value is -4.85. The fraction of sp³-hybridized carbons (Fsp3) is 0.548. The minimum absolute atomic E-state index is 0.0119. The van der Waals surface area contributed by atoms with Gasteiger partial charge in [-0.2, -0.15) is 31.6 Å². The highest BCUT2D eigenvalue weighted by Crippen LogP contribution is 2.46. The van der Waals surface area contributed by atoms with E-state index >= 15 is 4.79 Å². The summed E-state index contributed by atoms with van der Waals surface area (Å²) in [6.45, 7) is 1.96. The lowest BCUT2D eigenvalue weighted by atomic mass is 9.72. The molecule has 2 saturated heterocycles. The van der Waals surface area contributed by atoms with Gasteiger partial charge in [0.05, 0.1) is 40.7 Å². The molecule has 2 aliphatic heterocycles. The van der Waals surface area contributed by atoms with Crippen LogP contribution in [0.15, 0.2) is 54.2 Å². The summed E-state index contributed by atoms with van der Waals surface area (Å²) in [6.07, 6.45) is -3.21. The Balaban J connectivity index is 1.28. The van der Waals surface area contributed by atoms with E-state index in [1.807, 2.05) is 0 Å². The number of aromatic nitrogens is 1. The van der Waals surface area contributed by atoms with E-state index < -0.39 is 68.6 Å². The summed E-state index contributed by atoms with van der Waals surface area (Å²) < 4.78 is 96.2. The van der Waals surface area contributed by atoms with Gasteiger partial charge in [-0.3, -0.25) is 19.4 Å². The van der Waals surface area contributed by atoms with Crippen LogP contribution in [0, 0.1) is 16.7 Å². The second-order valence-electron chi connectivity index (χ2n) is 15.7. The number of ether oxygens (including phenoxy) is 2. The molecular weight excluding hydrogens is 803 g/mol. The fourth-order valence-corrected chi connectivity index (χ4v) is 9.78. The van der Waals surface area contributed by atoms with Gasteiger partial charge < -0.3 is 24.4 Å². The molecule has 2 unspecified atom stereocenters. The number of hydrogen-bond acceptors (Lipinski definition) is 8. The standard InChI is InChI=1S/C42H46F6N4O6S/c1-2-9-33-40(58-28-24-34(59-26-28)42(46,47)48,16-7-20-52(33)35(53)29-25-50-19-12-30(29)41(43,44)45)36(54)51-21-17-39(27-49,18-22-51)31-10-3-4-11-32(31)57-23-8-15-38(37(55)56)13-5-6-14-38/h3-4,10-12,19,24-26,33H,2,5-9,13-18,20-23H2,1H3,(H,55,56). The molecule has 10 nitrogen and oxygen atoms in total. The van der Waals surface area contributed by atoms with Gasteiger partial charge in [-0.05, 0) is 63.5 Å². The zero-order chi connectivity index (χ0) is 42.6. The first-order chi connectivity index (χ1) is 28.0. The van der Waals surface area contributed by atoms with Crippen LogP contribution in [0.4, 0.5) is 26.3 Å². The van der Waals surface area contributed by atoms with Gasteiger partial charge in [-0.25, -0.2) is 0 Å². The normalized spacial score (nSPS) is 21.8. The molecule has 1 saturated carbocycles. The number of nitrogens with zero attached hydrogens (tertiary/aromatic N) is 4. The van der Waals surface area contributed by atoms with Crippen molar-refractivity contribution in [2.75, 3.05) is 26.2 Å². The molecule has 17 heteroatoms. The third-order valence-electron chi connectivity index (χ3n) is 12.2. The van der Waals surface area contributed by atoms with Crippen molar-refractivity contribution in [1.29, 1.82) is 5.26 Å². The lowest BCUT2D eigenvalue weighted by Gasteiger charge is -2.51. The minimum Gasteiger partial charge on any atom is -0.493 e. The number of pyridine rings is 1. The highest BCUT2D eigenvalue weighted by Gasteiger charge is 2.57. The second kappa shape index (κ2) is 17.4. The van der Waals surface area contributed by atoms with E-state index in [-0.39, 0.29) is 64.1 Å². The predicted molar refractivity (Wildman–Crippen MR) is 204 cm³/mol. The molecule has 1 N–H and O–H groups in total. The quantitative estimate of drug-likeness (QED) is 0.133. The number of hydrogen-bond donors (Lipinski definition) is 1. The molecule has 3 aliphatic rings. The average molecular weight is 849 g/mol. The van der Waals surface area contributed by atoms with E-state index in [9.17, 15) is 46.3 Å². The van der Waals surface area contributed by atoms with Gasteiger partial charge in [0.2, 0.25) is 5.60 Å². The largest absolute Gasteiger partial charge is 0.493 e. The average Bonchev–Trinajstić information content (AvgIpc) is 3.91. The molecule has 2 atom stereocenters. The summed E-state index contributed by atoms with van der Waals surface area (Å²) in [4.78, 5) is 46.7. The molecule has 1 aromatic carbocycles. The van der Waals surface area contributed by atoms with Crippen molar-refractivity contribution in [2.45, 2.75) is 113 Å². The van der Waals surface area contributed by atoms with Crippen LogP contribution in [-0.2, 0) is 27.4 Å². The summed E-state index contributed by atoms with van der Waals surface area (Å²) >= 11 is 0.367. The number of carbonyl (C=O) groups excluding carboxylic acids is 2. The first-order valence-electron chi connectivity index (χ1n) is 19.8. The number of nitriles is 1. The maximum absolute atomic E-state index is 15.1. The summed E-state index contributed by atoms with van der Waals surface area (Å²) in [5.74, 6) is -2.29. The molecule has 2 amide bonds. The molecule has 59 heavy (non-hydrogen) atoms. The maximum atomic E-state index is 15.1. The lowest BCUT2D eigenvalue weighted by molar-refractivity contribution is -0.160. The zero-order valence-corrected chi connectivity index (χ0v) is 33.4. The SMILES string of the molecule is CCCC1N(C(=O)c2cnccc2C(F)(F)F)CCCC1(Oc1csc(C(F)(F)F)c1)C(=O)N1CCC(C#N)(c2ccccc2OCCCC2(C(=O)O)CCCC2)CC1. The van der Waals surface area contributed by atoms with Gasteiger partial charge in [-0.1, -0.05) is 44.4 Å². The molecule has 3 aromatic rings. The van der Waals surface area contributed by atoms with Crippen molar-refractivity contribution in [3.63, 3.8) is 0 Å². The van der Waals surface area contributed by atoms with Crippen LogP contribution < -0.4 is 9.47 Å². The van der Waals surface area contributed by atoms with Crippen LogP contribution in [0.5, 0.6) is 11.5 Å². The van der Waals surface area contributed by atoms with Crippen molar-refractivity contribution >= 4 is 29.1 Å². The molecule has 6 rings (SSSR count). The van der Waals surface area contributed by atoms with Crippen LogP contribution in [-0.4, -0.2) is 75.6 Å². The molecule has 0 spiro atoms. The van der Waals surface area contributed by atoms with E-state index in [0.29, 0.717) is 60.8 Å². The summed E-state index contributed by atoms with van der Waals surface area (Å²) in [7, 11) is 0. The molecular formula is C42H46F6N4O6S. The van der Waals surface area contributed by atoms with Gasteiger partial charge in [0.1, 0.15) is 16.4 Å². The van der Waals surface area contributed by atoms with Crippen molar-refractivity contribution in [3.8, 4) is 17.6 Å². The summed E-state index contributed by atoms with van der Waals surface area (Å²) in [5.41, 5.74) is -5.20. The molecule has 4 heterocycles. The van der Waals surface area contributed by atoms with Crippen molar-refractivity contribution < 1.29 is 55.3 Å². The highest BCUT2D eigenvalue weighted by molar-refractivity contribution is 7.10. The van der Waals surface area contributed by atoms with E-state index in [4.69, 9.17) is 9.47 Å². The Kier molecular flexibility index (Phi) is 12.9. The number of piperidine rings is 2. The number of likely N-dealkylation sites (tertiary alicyclic amines) is 2. The number of aliphatic carboxylic acids is 1. The number of carbonyl (C=O) groups is 3. The van der Waals surface area contributed by atoms with Crippen LogP contribution in [0.25, 0.3) is 0 Å².